The first-order valence-electron chi connectivity index (χ1n) is 6.50. The molecule has 1 aromatic rings. The molecule has 102 valence electrons. The summed E-state index contributed by atoms with van der Waals surface area (Å²) < 4.78 is 0. The van der Waals surface area contributed by atoms with Crippen molar-refractivity contribution in [3.05, 3.63) is 30.3 Å². The normalized spacial score (nSPS) is 22.5. The van der Waals surface area contributed by atoms with E-state index in [4.69, 9.17) is 5.11 Å². The van der Waals surface area contributed by atoms with Crippen LogP contribution in [0.25, 0.3) is 0 Å². The van der Waals surface area contributed by atoms with Crippen molar-refractivity contribution >= 4 is 17.7 Å². The van der Waals surface area contributed by atoms with E-state index in [0.29, 0.717) is 0 Å². The van der Waals surface area contributed by atoms with Gasteiger partial charge in [0.05, 0.1) is 0 Å². The topological polar surface area (TPSA) is 78.4 Å². The minimum Gasteiger partial charge on any atom is -0.465 e. The van der Waals surface area contributed by atoms with Crippen LogP contribution in [0, 0.1) is 5.92 Å². The minimum atomic E-state index is -0.989. The van der Waals surface area contributed by atoms with Crippen molar-refractivity contribution in [3.63, 3.8) is 0 Å². The largest absolute Gasteiger partial charge is 0.465 e. The van der Waals surface area contributed by atoms with Gasteiger partial charge >= 0.3 is 6.09 Å². The second-order valence-electron chi connectivity index (χ2n) is 4.85. The molecular formula is C14H18N2O3. The molecule has 0 aromatic heterocycles. The lowest BCUT2D eigenvalue weighted by molar-refractivity contribution is -0.120. The van der Waals surface area contributed by atoms with Gasteiger partial charge in [-0.05, 0) is 37.8 Å². The summed E-state index contributed by atoms with van der Waals surface area (Å²) in [6.07, 6.45) is 1.91. The fourth-order valence-electron chi connectivity index (χ4n) is 2.44. The molecule has 1 aliphatic carbocycles. The first-order chi connectivity index (χ1) is 9.15. The van der Waals surface area contributed by atoms with E-state index in [0.717, 1.165) is 31.4 Å². The second kappa shape index (κ2) is 6.22. The Balaban J connectivity index is 1.81. The molecule has 1 aliphatic rings. The molecule has 5 nitrogen and oxygen atoms in total. The summed E-state index contributed by atoms with van der Waals surface area (Å²) in [4.78, 5) is 22.6. The maximum atomic E-state index is 12.0. The van der Waals surface area contributed by atoms with Crippen LogP contribution in [-0.2, 0) is 4.79 Å². The number of benzene rings is 1. The third-order valence-electron chi connectivity index (χ3n) is 3.47. The SMILES string of the molecule is O=C(O)N[C@H]1CC[C@@H](C(=O)Nc2ccccc2)CC1. The molecule has 0 saturated heterocycles. The average molecular weight is 262 g/mol. The molecule has 5 heteroatoms. The summed E-state index contributed by atoms with van der Waals surface area (Å²) in [6.45, 7) is 0. The first kappa shape index (κ1) is 13.4. The van der Waals surface area contributed by atoms with Crippen LogP contribution in [-0.4, -0.2) is 23.1 Å². The van der Waals surface area contributed by atoms with Crippen LogP contribution in [0.4, 0.5) is 10.5 Å². The van der Waals surface area contributed by atoms with Crippen LogP contribution < -0.4 is 10.6 Å². The predicted molar refractivity (Wildman–Crippen MR) is 72.0 cm³/mol. The monoisotopic (exact) mass is 262 g/mol. The number of carboxylic acid groups (broad SMARTS) is 1. The van der Waals surface area contributed by atoms with Crippen molar-refractivity contribution < 1.29 is 14.7 Å². The Labute approximate surface area is 112 Å². The minimum absolute atomic E-state index is 0.0155. The van der Waals surface area contributed by atoms with Crippen molar-refractivity contribution in [3.8, 4) is 0 Å². The number of amides is 2. The fourth-order valence-corrected chi connectivity index (χ4v) is 2.44. The highest BCUT2D eigenvalue weighted by Crippen LogP contribution is 2.25. The summed E-state index contributed by atoms with van der Waals surface area (Å²) in [5.41, 5.74) is 0.804. The lowest BCUT2D eigenvalue weighted by atomic mass is 9.85. The molecule has 0 unspecified atom stereocenters. The maximum absolute atomic E-state index is 12.0. The van der Waals surface area contributed by atoms with Crippen molar-refractivity contribution in [2.75, 3.05) is 5.32 Å². The molecule has 0 atom stereocenters. The van der Waals surface area contributed by atoms with Crippen LogP contribution in [0.15, 0.2) is 30.3 Å². The molecule has 1 saturated carbocycles. The first-order valence-corrected chi connectivity index (χ1v) is 6.50. The highest BCUT2D eigenvalue weighted by atomic mass is 16.4. The van der Waals surface area contributed by atoms with Crippen molar-refractivity contribution in [2.24, 2.45) is 5.92 Å². The molecule has 3 N–H and O–H groups in total. The zero-order chi connectivity index (χ0) is 13.7. The molecule has 0 bridgehead atoms. The summed E-state index contributed by atoms with van der Waals surface area (Å²) in [6, 6.07) is 9.36. The Morgan fingerprint density at radius 1 is 1.05 bits per heavy atom. The maximum Gasteiger partial charge on any atom is 0.404 e. The summed E-state index contributed by atoms with van der Waals surface area (Å²) >= 11 is 0. The number of anilines is 1. The lowest BCUT2D eigenvalue weighted by Crippen LogP contribution is -2.38. The predicted octanol–water partition coefficient (Wildman–Crippen LogP) is 2.45. The molecular weight excluding hydrogens is 244 g/mol. The zero-order valence-electron chi connectivity index (χ0n) is 10.6. The van der Waals surface area contributed by atoms with E-state index in [1.54, 1.807) is 0 Å². The Kier molecular flexibility index (Phi) is 4.39. The van der Waals surface area contributed by atoms with Crippen molar-refractivity contribution in [2.45, 2.75) is 31.7 Å². The average Bonchev–Trinajstić information content (AvgIpc) is 2.40. The van der Waals surface area contributed by atoms with Gasteiger partial charge in [-0.15, -0.1) is 0 Å². The summed E-state index contributed by atoms with van der Waals surface area (Å²) in [5, 5.41) is 14.0. The number of carbonyl (C=O) groups is 2. The Bertz CT molecular complexity index is 439. The summed E-state index contributed by atoms with van der Waals surface area (Å²) in [7, 11) is 0. The number of rotatable bonds is 3. The number of carbonyl (C=O) groups excluding carboxylic acids is 1. The van der Waals surface area contributed by atoms with Gasteiger partial charge in [-0.25, -0.2) is 4.79 Å². The Morgan fingerprint density at radius 3 is 2.26 bits per heavy atom. The number of hydrogen-bond donors (Lipinski definition) is 3. The van der Waals surface area contributed by atoms with Crippen molar-refractivity contribution in [1.29, 1.82) is 0 Å². The standard InChI is InChI=1S/C14H18N2O3/c17-13(15-11-4-2-1-3-5-11)10-6-8-12(9-7-10)16-14(18)19/h1-5,10,12,16H,6-9H2,(H,15,17)(H,18,19)/t10-,12+. The Hall–Kier alpha value is -2.04. The highest BCUT2D eigenvalue weighted by molar-refractivity contribution is 5.92. The van der Waals surface area contributed by atoms with Crippen LogP contribution in [0.5, 0.6) is 0 Å². The fraction of sp³-hybridized carbons (Fsp3) is 0.429. The highest BCUT2D eigenvalue weighted by Gasteiger charge is 2.26. The van der Waals surface area contributed by atoms with E-state index in [1.807, 2.05) is 30.3 Å². The molecule has 1 aromatic carbocycles. The van der Waals surface area contributed by atoms with Gasteiger partial charge in [0.2, 0.25) is 5.91 Å². The van der Waals surface area contributed by atoms with Crippen LogP contribution in [0.3, 0.4) is 0 Å². The lowest BCUT2D eigenvalue weighted by Gasteiger charge is -2.27. The van der Waals surface area contributed by atoms with Crippen molar-refractivity contribution in [1.82, 2.24) is 5.32 Å². The molecule has 0 aliphatic heterocycles. The third-order valence-corrected chi connectivity index (χ3v) is 3.47. The molecule has 0 spiro atoms. The smallest absolute Gasteiger partial charge is 0.404 e. The molecule has 2 amide bonds. The van der Waals surface area contributed by atoms with E-state index >= 15 is 0 Å². The van der Waals surface area contributed by atoms with Gasteiger partial charge in [-0.3, -0.25) is 4.79 Å². The Morgan fingerprint density at radius 2 is 1.68 bits per heavy atom. The number of hydrogen-bond acceptors (Lipinski definition) is 2. The van der Waals surface area contributed by atoms with E-state index in [2.05, 4.69) is 10.6 Å². The van der Waals surface area contributed by atoms with E-state index in [-0.39, 0.29) is 17.9 Å². The number of para-hydroxylation sites is 1. The van der Waals surface area contributed by atoms with Gasteiger partial charge in [0.25, 0.3) is 0 Å². The third kappa shape index (κ3) is 3.98. The van der Waals surface area contributed by atoms with Gasteiger partial charge < -0.3 is 15.7 Å². The molecule has 1 fully saturated rings. The molecule has 0 heterocycles. The van der Waals surface area contributed by atoms with Gasteiger partial charge in [-0.1, -0.05) is 18.2 Å². The van der Waals surface area contributed by atoms with E-state index in [1.165, 1.54) is 0 Å². The number of nitrogens with one attached hydrogen (secondary N) is 2. The van der Waals surface area contributed by atoms with Gasteiger partial charge in [-0.2, -0.15) is 0 Å². The van der Waals surface area contributed by atoms with Crippen LogP contribution >= 0.6 is 0 Å². The second-order valence-corrected chi connectivity index (χ2v) is 4.85. The zero-order valence-corrected chi connectivity index (χ0v) is 10.6. The van der Waals surface area contributed by atoms with Gasteiger partial charge in [0, 0.05) is 17.6 Å². The van der Waals surface area contributed by atoms with Crippen LogP contribution in [0.1, 0.15) is 25.7 Å². The molecule has 19 heavy (non-hydrogen) atoms. The quantitative estimate of drug-likeness (QED) is 0.783. The van der Waals surface area contributed by atoms with Gasteiger partial charge in [0.15, 0.2) is 0 Å². The van der Waals surface area contributed by atoms with Gasteiger partial charge in [0.1, 0.15) is 0 Å². The molecule has 2 rings (SSSR count). The van der Waals surface area contributed by atoms with E-state index in [9.17, 15) is 9.59 Å². The van der Waals surface area contributed by atoms with Crippen LogP contribution in [0.2, 0.25) is 0 Å². The summed E-state index contributed by atoms with van der Waals surface area (Å²) in [5.74, 6) is 0.00651. The van der Waals surface area contributed by atoms with E-state index < -0.39 is 6.09 Å². The molecule has 0 radical (unpaired) electrons.